The minimum absolute atomic E-state index is 0.0690. The van der Waals surface area contributed by atoms with E-state index in [0.717, 1.165) is 3.39 Å². The Hall–Kier alpha value is -1.50. The molecule has 1 aromatic rings. The number of terminal acetylenes is 1. The molecule has 2 atom stereocenters. The van der Waals surface area contributed by atoms with E-state index in [1.165, 1.54) is 0 Å². The van der Waals surface area contributed by atoms with Gasteiger partial charge in [-0.1, -0.05) is 32.8 Å². The van der Waals surface area contributed by atoms with Crippen molar-refractivity contribution in [3.63, 3.8) is 0 Å². The van der Waals surface area contributed by atoms with E-state index >= 15 is 0 Å². The van der Waals surface area contributed by atoms with E-state index in [2.05, 4.69) is 51.6 Å². The third-order valence-corrected chi connectivity index (χ3v) is 5.58. The van der Waals surface area contributed by atoms with E-state index < -0.39 is 5.41 Å². The number of esters is 1. The summed E-state index contributed by atoms with van der Waals surface area (Å²) in [5.41, 5.74) is -0.415. The van der Waals surface area contributed by atoms with E-state index in [9.17, 15) is 4.79 Å². The molecule has 1 heterocycles. The van der Waals surface area contributed by atoms with Crippen molar-refractivity contribution >= 4 is 37.8 Å². The molecule has 0 spiro atoms. The Balaban J connectivity index is 2.28. The molecule has 1 fully saturated rings. The first-order valence-corrected chi connectivity index (χ1v) is 9.12. The Bertz CT molecular complexity index is 776. The van der Waals surface area contributed by atoms with Crippen molar-refractivity contribution in [2.24, 2.45) is 16.7 Å². The van der Waals surface area contributed by atoms with Crippen LogP contribution < -0.4 is 4.74 Å². The molecular formula is C18H18Br2N2O2. The third kappa shape index (κ3) is 2.94. The second kappa shape index (κ2) is 6.78. The number of nitriles is 1. The number of aromatic nitrogens is 1. The van der Waals surface area contributed by atoms with Crippen LogP contribution in [-0.4, -0.2) is 10.5 Å². The van der Waals surface area contributed by atoms with Gasteiger partial charge in [-0.05, 0) is 43.7 Å². The van der Waals surface area contributed by atoms with Gasteiger partial charge < -0.3 is 9.30 Å². The van der Waals surface area contributed by atoms with Gasteiger partial charge in [-0.15, -0.1) is 6.42 Å². The number of hydrogen-bond donors (Lipinski definition) is 0. The molecule has 0 unspecified atom stereocenters. The largest absolute Gasteiger partial charge is 0.424 e. The van der Waals surface area contributed by atoms with E-state index in [1.807, 2.05) is 19.1 Å². The molecule has 0 aliphatic heterocycles. The van der Waals surface area contributed by atoms with Gasteiger partial charge in [0.1, 0.15) is 17.5 Å². The molecule has 0 amide bonds. The zero-order valence-electron chi connectivity index (χ0n) is 13.8. The zero-order chi connectivity index (χ0) is 18.1. The number of nitrogens with zero attached hydrogens (tertiary/aromatic N) is 2. The molecule has 1 saturated carbocycles. The molecule has 0 radical (unpaired) electrons. The third-order valence-electron chi connectivity index (χ3n) is 5.05. The zero-order valence-corrected chi connectivity index (χ0v) is 16.9. The fourth-order valence-electron chi connectivity index (χ4n) is 3.64. The van der Waals surface area contributed by atoms with Gasteiger partial charge in [-0.2, -0.15) is 5.26 Å². The van der Waals surface area contributed by atoms with Crippen LogP contribution in [0.3, 0.4) is 0 Å². The van der Waals surface area contributed by atoms with E-state index in [-0.39, 0.29) is 23.8 Å². The average molecular weight is 454 g/mol. The van der Waals surface area contributed by atoms with Crippen LogP contribution in [0.2, 0.25) is 0 Å². The molecule has 1 aliphatic carbocycles. The Morgan fingerprint density at radius 1 is 1.54 bits per heavy atom. The van der Waals surface area contributed by atoms with Crippen molar-refractivity contribution in [3.05, 3.63) is 27.4 Å². The van der Waals surface area contributed by atoms with E-state index in [4.69, 9.17) is 16.4 Å². The van der Waals surface area contributed by atoms with Crippen LogP contribution in [0.5, 0.6) is 5.75 Å². The van der Waals surface area contributed by atoms with Crippen LogP contribution in [0.1, 0.15) is 32.9 Å². The molecule has 0 N–H and O–H groups in total. The number of carbonyl (C=O) groups is 1. The van der Waals surface area contributed by atoms with Crippen molar-refractivity contribution in [1.29, 1.82) is 5.26 Å². The van der Waals surface area contributed by atoms with Crippen molar-refractivity contribution in [2.45, 2.75) is 33.7 Å². The maximum Gasteiger partial charge on any atom is 0.318 e. The van der Waals surface area contributed by atoms with Gasteiger partial charge in [-0.3, -0.25) is 4.79 Å². The molecule has 6 heteroatoms. The smallest absolute Gasteiger partial charge is 0.318 e. The highest BCUT2D eigenvalue weighted by Crippen LogP contribution is 2.72. The fourth-order valence-corrected chi connectivity index (χ4v) is 4.17. The maximum atomic E-state index is 12.9. The summed E-state index contributed by atoms with van der Waals surface area (Å²) in [7, 11) is 0. The number of allylic oxidation sites excluding steroid dienone is 1. The van der Waals surface area contributed by atoms with E-state index in [1.54, 1.807) is 16.8 Å². The predicted octanol–water partition coefficient (Wildman–Crippen LogP) is 4.58. The molecule has 126 valence electrons. The molecule has 24 heavy (non-hydrogen) atoms. The average Bonchev–Trinajstić information content (AvgIpc) is 2.79. The van der Waals surface area contributed by atoms with Crippen LogP contribution in [-0.2, 0) is 11.3 Å². The number of ether oxygens (including phenoxy) is 1. The molecular weight excluding hydrogens is 436 g/mol. The van der Waals surface area contributed by atoms with Crippen LogP contribution >= 0.6 is 31.9 Å². The first kappa shape index (κ1) is 18.8. The lowest BCUT2D eigenvalue weighted by atomic mass is 9.93. The summed E-state index contributed by atoms with van der Waals surface area (Å²) in [6.45, 7) is 6.37. The molecule has 0 bridgehead atoms. The highest BCUT2D eigenvalue weighted by Gasteiger charge is 2.74. The molecule has 2 rings (SSSR count). The summed E-state index contributed by atoms with van der Waals surface area (Å²) in [6, 6.07) is 3.59. The van der Waals surface area contributed by atoms with Gasteiger partial charge in [-0.25, -0.2) is 0 Å². The normalized spacial score (nSPS) is 23.7. The minimum atomic E-state index is -0.583. The number of carbonyl (C=O) groups excluding carboxylic acids is 1. The second-order valence-corrected chi connectivity index (χ2v) is 9.15. The van der Waals surface area contributed by atoms with Gasteiger partial charge in [0, 0.05) is 18.2 Å². The number of hydrogen-bond acceptors (Lipinski definition) is 3. The lowest BCUT2D eigenvalue weighted by Crippen LogP contribution is -2.26. The maximum absolute atomic E-state index is 12.9. The van der Waals surface area contributed by atoms with Crippen molar-refractivity contribution < 1.29 is 9.53 Å². The molecule has 1 aromatic heterocycles. The summed E-state index contributed by atoms with van der Waals surface area (Å²) >= 11 is 6.74. The first-order valence-electron chi connectivity index (χ1n) is 7.53. The van der Waals surface area contributed by atoms with Crippen molar-refractivity contribution in [2.75, 3.05) is 0 Å². The van der Waals surface area contributed by atoms with Gasteiger partial charge in [0.2, 0.25) is 0 Å². The fraction of sp³-hybridized carbons (Fsp3) is 0.444. The standard InChI is InChI=1S/C18H18Br2N2O2/c1-5-7-22-11-13(8-12(22)10-21)24-16(23)18(6-2)14(9-15(19)20)17(18,3)4/h1,8-9,11,14H,6-7H2,2-4H3/t14-,18+/m1/s1. The minimum Gasteiger partial charge on any atom is -0.424 e. The van der Waals surface area contributed by atoms with Crippen LogP contribution in [0.4, 0.5) is 0 Å². The van der Waals surface area contributed by atoms with Gasteiger partial charge >= 0.3 is 5.97 Å². The Morgan fingerprint density at radius 2 is 2.21 bits per heavy atom. The topological polar surface area (TPSA) is 55.0 Å². The molecule has 4 nitrogen and oxygen atoms in total. The van der Waals surface area contributed by atoms with Crippen LogP contribution in [0, 0.1) is 40.4 Å². The van der Waals surface area contributed by atoms with Crippen LogP contribution in [0.25, 0.3) is 0 Å². The lowest BCUT2D eigenvalue weighted by molar-refractivity contribution is -0.142. The SMILES string of the molecule is C#CCn1cc(OC(=O)[C@]2(CC)[C@H](C=C(Br)Br)C2(C)C)cc1C#N. The number of rotatable bonds is 5. The van der Waals surface area contributed by atoms with Crippen molar-refractivity contribution in [3.8, 4) is 24.2 Å². The summed E-state index contributed by atoms with van der Waals surface area (Å²) in [5, 5.41) is 9.14. The number of halogens is 2. The van der Waals surface area contributed by atoms with Crippen molar-refractivity contribution in [1.82, 2.24) is 4.57 Å². The molecule has 0 saturated heterocycles. The summed E-state index contributed by atoms with van der Waals surface area (Å²) < 4.78 is 8.02. The summed E-state index contributed by atoms with van der Waals surface area (Å²) in [6.07, 6.45) is 9.55. The molecule has 1 aliphatic rings. The van der Waals surface area contributed by atoms with Gasteiger partial charge in [0.25, 0.3) is 0 Å². The van der Waals surface area contributed by atoms with Gasteiger partial charge in [0.15, 0.2) is 0 Å². The Kier molecular flexibility index (Phi) is 5.32. The quantitative estimate of drug-likeness (QED) is 0.484. The first-order chi connectivity index (χ1) is 11.2. The Labute approximate surface area is 159 Å². The monoisotopic (exact) mass is 452 g/mol. The molecule has 0 aromatic carbocycles. The highest BCUT2D eigenvalue weighted by molar-refractivity contribution is 9.28. The highest BCUT2D eigenvalue weighted by atomic mass is 79.9. The summed E-state index contributed by atoms with van der Waals surface area (Å²) in [4.78, 5) is 12.9. The van der Waals surface area contributed by atoms with Gasteiger partial charge in [0.05, 0.1) is 15.4 Å². The Morgan fingerprint density at radius 3 is 2.71 bits per heavy atom. The summed E-state index contributed by atoms with van der Waals surface area (Å²) in [5.74, 6) is 2.62. The predicted molar refractivity (Wildman–Crippen MR) is 99.5 cm³/mol. The second-order valence-electron chi connectivity index (χ2n) is 6.37. The van der Waals surface area contributed by atoms with E-state index in [0.29, 0.717) is 17.9 Å². The van der Waals surface area contributed by atoms with Crippen LogP contribution in [0.15, 0.2) is 21.7 Å². The lowest BCUT2D eigenvalue weighted by Gasteiger charge is -2.16.